The average Bonchev–Trinajstić information content (AvgIpc) is 2.85. The Morgan fingerprint density at radius 2 is 1.89 bits per heavy atom. The number of fused-ring (bicyclic) bond motifs is 1. The van der Waals surface area contributed by atoms with Gasteiger partial charge in [0.1, 0.15) is 5.82 Å². The van der Waals surface area contributed by atoms with Gasteiger partial charge in [-0.2, -0.15) is 5.26 Å². The van der Waals surface area contributed by atoms with E-state index in [1.165, 1.54) is 0 Å². The van der Waals surface area contributed by atoms with E-state index in [2.05, 4.69) is 20.6 Å². The highest BCUT2D eigenvalue weighted by atomic mass is 15.1. The van der Waals surface area contributed by atoms with Gasteiger partial charge in [-0.25, -0.2) is 4.98 Å². The number of rotatable bonds is 3. The maximum absolute atomic E-state index is 8.80. The molecule has 0 saturated heterocycles. The normalized spacial score (nSPS) is 10.5. The van der Waals surface area contributed by atoms with Crippen LogP contribution in [0, 0.1) is 11.3 Å². The molecule has 0 atom stereocenters. The largest absolute Gasteiger partial charge is 0.323 e. The summed E-state index contributed by atoms with van der Waals surface area (Å²) < 4.78 is 2.09. The molecule has 0 aliphatic heterocycles. The predicted octanol–water partition coefficient (Wildman–Crippen LogP) is 3.01. The number of aryl methyl sites for hydroxylation is 1. The number of nitrogens with zero attached hydrogens (tertiary/aromatic N) is 4. The van der Waals surface area contributed by atoms with Gasteiger partial charge in [-0.3, -0.25) is 4.98 Å². The summed E-state index contributed by atoms with van der Waals surface area (Å²) in [6.07, 6.45) is 3.98. The number of nitriles is 1. The molecule has 19 heavy (non-hydrogen) atoms. The monoisotopic (exact) mass is 248 g/mol. The van der Waals surface area contributed by atoms with Crippen molar-refractivity contribution in [3.05, 3.63) is 48.8 Å². The molecule has 0 saturated carbocycles. The Labute approximate surface area is 111 Å². The third kappa shape index (κ3) is 2.06. The number of aromatic nitrogens is 3. The molecule has 0 N–H and O–H groups in total. The fraction of sp³-hybridized carbons (Fsp3) is 0.133. The molecule has 0 aliphatic carbocycles. The molecule has 4 heteroatoms. The highest BCUT2D eigenvalue weighted by Crippen LogP contribution is 2.24. The second-order valence-corrected chi connectivity index (χ2v) is 4.22. The van der Waals surface area contributed by atoms with Crippen molar-refractivity contribution in [1.82, 2.24) is 14.5 Å². The molecule has 0 aliphatic rings. The van der Waals surface area contributed by atoms with E-state index in [9.17, 15) is 0 Å². The average molecular weight is 248 g/mol. The number of para-hydroxylation sites is 2. The van der Waals surface area contributed by atoms with E-state index in [1.807, 2.05) is 36.4 Å². The molecule has 2 aromatic heterocycles. The lowest BCUT2D eigenvalue weighted by Gasteiger charge is -2.06. The summed E-state index contributed by atoms with van der Waals surface area (Å²) in [5.41, 5.74) is 3.03. The molecule has 2 heterocycles. The second-order valence-electron chi connectivity index (χ2n) is 4.22. The Kier molecular flexibility index (Phi) is 2.95. The van der Waals surface area contributed by atoms with Gasteiger partial charge in [-0.1, -0.05) is 12.1 Å². The van der Waals surface area contributed by atoms with Crippen LogP contribution in [0.4, 0.5) is 0 Å². The first-order chi connectivity index (χ1) is 9.40. The van der Waals surface area contributed by atoms with Gasteiger partial charge in [0, 0.05) is 24.5 Å². The Bertz CT molecular complexity index is 738. The number of hydrogen-bond acceptors (Lipinski definition) is 3. The molecular weight excluding hydrogens is 236 g/mol. The van der Waals surface area contributed by atoms with E-state index >= 15 is 0 Å². The molecule has 3 aromatic rings. The number of hydrogen-bond donors (Lipinski definition) is 0. The van der Waals surface area contributed by atoms with Gasteiger partial charge in [0.2, 0.25) is 0 Å². The summed E-state index contributed by atoms with van der Waals surface area (Å²) in [6.45, 7) is 0.647. The molecule has 0 amide bonds. The van der Waals surface area contributed by atoms with E-state index < -0.39 is 0 Å². The maximum Gasteiger partial charge on any atom is 0.141 e. The lowest BCUT2D eigenvalue weighted by Crippen LogP contribution is -2.00. The molecule has 0 unspecified atom stereocenters. The van der Waals surface area contributed by atoms with Gasteiger partial charge < -0.3 is 4.57 Å². The van der Waals surface area contributed by atoms with Crippen molar-refractivity contribution in [3.63, 3.8) is 0 Å². The summed E-state index contributed by atoms with van der Waals surface area (Å²) in [7, 11) is 0. The molecule has 0 bridgehead atoms. The van der Waals surface area contributed by atoms with Crippen molar-refractivity contribution in [2.24, 2.45) is 0 Å². The van der Waals surface area contributed by atoms with Crippen LogP contribution in [0.25, 0.3) is 22.4 Å². The first-order valence-corrected chi connectivity index (χ1v) is 6.13. The van der Waals surface area contributed by atoms with Crippen molar-refractivity contribution in [2.75, 3.05) is 0 Å². The van der Waals surface area contributed by atoms with Crippen LogP contribution in [0.1, 0.15) is 6.42 Å². The smallest absolute Gasteiger partial charge is 0.141 e. The van der Waals surface area contributed by atoms with E-state index in [0.717, 1.165) is 22.4 Å². The SMILES string of the molecule is N#CCCn1c(-c2ccncc2)nc2ccccc21. The quantitative estimate of drug-likeness (QED) is 0.716. The van der Waals surface area contributed by atoms with Gasteiger partial charge >= 0.3 is 0 Å². The van der Waals surface area contributed by atoms with Crippen LogP contribution in [0.2, 0.25) is 0 Å². The molecule has 1 aromatic carbocycles. The van der Waals surface area contributed by atoms with Crippen LogP contribution in [-0.4, -0.2) is 14.5 Å². The van der Waals surface area contributed by atoms with Crippen molar-refractivity contribution < 1.29 is 0 Å². The van der Waals surface area contributed by atoms with Gasteiger partial charge in [-0.05, 0) is 24.3 Å². The minimum atomic E-state index is 0.471. The summed E-state index contributed by atoms with van der Waals surface area (Å²) in [4.78, 5) is 8.69. The zero-order valence-electron chi connectivity index (χ0n) is 10.3. The summed E-state index contributed by atoms with van der Waals surface area (Å²) in [6, 6.07) is 14.0. The van der Waals surface area contributed by atoms with Crippen molar-refractivity contribution >= 4 is 11.0 Å². The van der Waals surface area contributed by atoms with Crippen LogP contribution in [0.5, 0.6) is 0 Å². The molecule has 0 radical (unpaired) electrons. The standard InChI is InChI=1S/C15H12N4/c16-8-3-11-19-14-5-2-1-4-13(14)18-15(19)12-6-9-17-10-7-12/h1-2,4-7,9-10H,3,11H2. The van der Waals surface area contributed by atoms with E-state index in [1.54, 1.807) is 12.4 Å². The third-order valence-electron chi connectivity index (χ3n) is 3.04. The zero-order chi connectivity index (χ0) is 13.1. The lowest BCUT2D eigenvalue weighted by atomic mass is 10.2. The number of imidazole rings is 1. The van der Waals surface area contributed by atoms with Crippen molar-refractivity contribution in [1.29, 1.82) is 5.26 Å². The first-order valence-electron chi connectivity index (χ1n) is 6.13. The van der Waals surface area contributed by atoms with E-state index in [-0.39, 0.29) is 0 Å². The minimum absolute atomic E-state index is 0.471. The third-order valence-corrected chi connectivity index (χ3v) is 3.04. The second kappa shape index (κ2) is 4.91. The number of benzene rings is 1. The Balaban J connectivity index is 2.20. The summed E-state index contributed by atoms with van der Waals surface area (Å²) in [5.74, 6) is 0.888. The minimum Gasteiger partial charge on any atom is -0.323 e. The van der Waals surface area contributed by atoms with Crippen LogP contribution >= 0.6 is 0 Å². The summed E-state index contributed by atoms with van der Waals surface area (Å²) >= 11 is 0. The first kappa shape index (κ1) is 11.4. The molecule has 92 valence electrons. The fourth-order valence-electron chi connectivity index (χ4n) is 2.19. The Morgan fingerprint density at radius 3 is 2.68 bits per heavy atom. The predicted molar refractivity (Wildman–Crippen MR) is 73.2 cm³/mol. The fourth-order valence-corrected chi connectivity index (χ4v) is 2.19. The highest BCUT2D eigenvalue weighted by molar-refractivity contribution is 5.80. The van der Waals surface area contributed by atoms with Crippen LogP contribution in [0.15, 0.2) is 48.8 Å². The van der Waals surface area contributed by atoms with E-state index in [0.29, 0.717) is 13.0 Å². The molecule has 0 fully saturated rings. The van der Waals surface area contributed by atoms with Crippen LogP contribution in [0.3, 0.4) is 0 Å². The topological polar surface area (TPSA) is 54.5 Å². The van der Waals surface area contributed by atoms with Gasteiger partial charge in [0.15, 0.2) is 0 Å². The lowest BCUT2D eigenvalue weighted by molar-refractivity contribution is 0.744. The van der Waals surface area contributed by atoms with Gasteiger partial charge in [-0.15, -0.1) is 0 Å². The van der Waals surface area contributed by atoms with Gasteiger partial charge in [0.05, 0.1) is 23.5 Å². The maximum atomic E-state index is 8.80. The summed E-state index contributed by atoms with van der Waals surface area (Å²) in [5, 5.41) is 8.80. The van der Waals surface area contributed by atoms with Crippen molar-refractivity contribution in [3.8, 4) is 17.5 Å². The van der Waals surface area contributed by atoms with Crippen LogP contribution < -0.4 is 0 Å². The molecule has 0 spiro atoms. The Morgan fingerprint density at radius 1 is 1.11 bits per heavy atom. The van der Waals surface area contributed by atoms with Crippen LogP contribution in [-0.2, 0) is 6.54 Å². The van der Waals surface area contributed by atoms with E-state index in [4.69, 9.17) is 5.26 Å². The van der Waals surface area contributed by atoms with Gasteiger partial charge in [0.25, 0.3) is 0 Å². The Hall–Kier alpha value is -2.67. The molecule has 3 rings (SSSR count). The number of pyridine rings is 1. The highest BCUT2D eigenvalue weighted by Gasteiger charge is 2.11. The zero-order valence-corrected chi connectivity index (χ0v) is 10.3. The molecular formula is C15H12N4. The molecule has 4 nitrogen and oxygen atoms in total. The van der Waals surface area contributed by atoms with Crippen molar-refractivity contribution in [2.45, 2.75) is 13.0 Å².